The SMILES string of the molecule is CCn1c([C@@H]2CCCN(C(=O)c3cccc4cc(C)oc34)C2)nn(C)c1=O. The Morgan fingerprint density at radius 1 is 1.37 bits per heavy atom. The summed E-state index contributed by atoms with van der Waals surface area (Å²) in [6, 6.07) is 7.60. The van der Waals surface area contributed by atoms with Gasteiger partial charge in [-0.25, -0.2) is 9.48 Å². The zero-order valence-corrected chi connectivity index (χ0v) is 15.9. The fourth-order valence-electron chi connectivity index (χ4n) is 4.03. The lowest BCUT2D eigenvalue weighted by atomic mass is 9.96. The third-order valence-corrected chi connectivity index (χ3v) is 5.32. The van der Waals surface area contributed by atoms with Gasteiger partial charge in [0.25, 0.3) is 5.91 Å². The maximum Gasteiger partial charge on any atom is 0.345 e. The molecule has 0 spiro atoms. The van der Waals surface area contributed by atoms with E-state index in [1.807, 2.05) is 43.0 Å². The number of amides is 1. The van der Waals surface area contributed by atoms with Crippen LogP contribution in [0.4, 0.5) is 0 Å². The Kier molecular flexibility index (Phi) is 4.37. The van der Waals surface area contributed by atoms with Crippen molar-refractivity contribution < 1.29 is 9.21 Å². The summed E-state index contributed by atoms with van der Waals surface area (Å²) in [5.41, 5.74) is 1.13. The molecule has 3 aromatic rings. The molecule has 27 heavy (non-hydrogen) atoms. The van der Waals surface area contributed by atoms with Gasteiger partial charge in [0.2, 0.25) is 0 Å². The molecule has 1 fully saturated rings. The zero-order valence-electron chi connectivity index (χ0n) is 15.9. The van der Waals surface area contributed by atoms with Crippen molar-refractivity contribution in [3.8, 4) is 0 Å². The highest BCUT2D eigenvalue weighted by atomic mass is 16.3. The predicted octanol–water partition coefficient (Wildman–Crippen LogP) is 2.68. The Hall–Kier alpha value is -2.83. The Balaban J connectivity index is 1.64. The molecule has 0 saturated carbocycles. The number of hydrogen-bond acceptors (Lipinski definition) is 4. The van der Waals surface area contributed by atoms with Crippen LogP contribution in [0.2, 0.25) is 0 Å². The molecule has 1 aliphatic heterocycles. The van der Waals surface area contributed by atoms with Crippen LogP contribution in [0.15, 0.2) is 33.5 Å². The predicted molar refractivity (Wildman–Crippen MR) is 102 cm³/mol. The molecule has 4 rings (SSSR count). The Morgan fingerprint density at radius 2 is 2.19 bits per heavy atom. The van der Waals surface area contributed by atoms with Crippen molar-refractivity contribution in [3.63, 3.8) is 0 Å². The lowest BCUT2D eigenvalue weighted by Gasteiger charge is -2.32. The minimum atomic E-state index is -0.105. The number of aromatic nitrogens is 3. The van der Waals surface area contributed by atoms with E-state index in [1.54, 1.807) is 11.6 Å². The first-order valence-electron chi connectivity index (χ1n) is 9.41. The van der Waals surface area contributed by atoms with Gasteiger partial charge in [0.15, 0.2) is 0 Å². The maximum atomic E-state index is 13.2. The average molecular weight is 368 g/mol. The van der Waals surface area contributed by atoms with E-state index in [2.05, 4.69) is 5.10 Å². The van der Waals surface area contributed by atoms with Crippen LogP contribution in [0.25, 0.3) is 11.0 Å². The van der Waals surface area contributed by atoms with Crippen molar-refractivity contribution in [2.24, 2.45) is 7.05 Å². The monoisotopic (exact) mass is 368 g/mol. The van der Waals surface area contributed by atoms with Crippen LogP contribution in [0, 0.1) is 6.92 Å². The third-order valence-electron chi connectivity index (χ3n) is 5.32. The second-order valence-electron chi connectivity index (χ2n) is 7.18. The molecular formula is C20H24N4O3. The topological polar surface area (TPSA) is 73.3 Å². The Morgan fingerprint density at radius 3 is 2.96 bits per heavy atom. The lowest BCUT2D eigenvalue weighted by molar-refractivity contribution is 0.0704. The van der Waals surface area contributed by atoms with Crippen LogP contribution < -0.4 is 5.69 Å². The number of likely N-dealkylation sites (tertiary alicyclic amines) is 1. The number of piperidine rings is 1. The van der Waals surface area contributed by atoms with Crippen molar-refractivity contribution in [1.82, 2.24) is 19.2 Å². The summed E-state index contributed by atoms with van der Waals surface area (Å²) in [7, 11) is 1.67. The molecule has 3 heterocycles. The third kappa shape index (κ3) is 2.97. The van der Waals surface area contributed by atoms with Crippen molar-refractivity contribution >= 4 is 16.9 Å². The van der Waals surface area contributed by atoms with Crippen LogP contribution >= 0.6 is 0 Å². The summed E-state index contributed by atoms with van der Waals surface area (Å²) in [6.45, 7) is 5.67. The molecule has 1 saturated heterocycles. The number of nitrogens with zero attached hydrogens (tertiary/aromatic N) is 4. The summed E-state index contributed by atoms with van der Waals surface area (Å²) in [4.78, 5) is 27.3. The highest BCUT2D eigenvalue weighted by molar-refractivity contribution is 6.05. The molecule has 0 N–H and O–H groups in total. The number of para-hydroxylation sites is 1. The largest absolute Gasteiger partial charge is 0.461 e. The summed E-state index contributed by atoms with van der Waals surface area (Å²) in [5.74, 6) is 1.60. The van der Waals surface area contributed by atoms with Gasteiger partial charge in [-0.1, -0.05) is 12.1 Å². The summed E-state index contributed by atoms with van der Waals surface area (Å²) >= 11 is 0. The molecule has 7 heteroatoms. The molecular weight excluding hydrogens is 344 g/mol. The minimum Gasteiger partial charge on any atom is -0.461 e. The molecule has 0 bridgehead atoms. The van der Waals surface area contributed by atoms with E-state index in [4.69, 9.17) is 4.42 Å². The van der Waals surface area contributed by atoms with Gasteiger partial charge in [0, 0.05) is 38.0 Å². The molecule has 142 valence electrons. The Labute approximate surface area is 157 Å². The number of furan rings is 1. The van der Waals surface area contributed by atoms with Crippen molar-refractivity contribution in [3.05, 3.63) is 51.9 Å². The number of hydrogen-bond donors (Lipinski definition) is 0. The van der Waals surface area contributed by atoms with E-state index in [1.165, 1.54) is 4.68 Å². The van der Waals surface area contributed by atoms with Gasteiger partial charge in [0.1, 0.15) is 17.2 Å². The molecule has 1 atom stereocenters. The smallest absolute Gasteiger partial charge is 0.345 e. The van der Waals surface area contributed by atoms with Crippen LogP contribution in [-0.2, 0) is 13.6 Å². The van der Waals surface area contributed by atoms with Gasteiger partial charge < -0.3 is 9.32 Å². The van der Waals surface area contributed by atoms with E-state index < -0.39 is 0 Å². The molecule has 0 aliphatic carbocycles. The number of aryl methyl sites for hydroxylation is 2. The molecule has 0 unspecified atom stereocenters. The summed E-state index contributed by atoms with van der Waals surface area (Å²) < 4.78 is 8.85. The van der Waals surface area contributed by atoms with E-state index in [9.17, 15) is 9.59 Å². The fraction of sp³-hybridized carbons (Fsp3) is 0.450. The standard InChI is InChI=1S/C20H24N4O3/c1-4-24-18(21-22(3)20(24)26)15-8-6-10-23(12-15)19(25)16-9-5-7-14-11-13(2)27-17(14)16/h5,7,9,11,15H,4,6,8,10,12H2,1-3H3/t15-/m1/s1. The first-order valence-corrected chi connectivity index (χ1v) is 9.41. The molecule has 2 aromatic heterocycles. The van der Waals surface area contributed by atoms with E-state index in [0.717, 1.165) is 29.8 Å². The van der Waals surface area contributed by atoms with Crippen molar-refractivity contribution in [2.75, 3.05) is 13.1 Å². The first kappa shape index (κ1) is 17.6. The number of benzene rings is 1. The second kappa shape index (κ2) is 6.72. The van der Waals surface area contributed by atoms with Crippen molar-refractivity contribution in [1.29, 1.82) is 0 Å². The highest BCUT2D eigenvalue weighted by Crippen LogP contribution is 2.29. The minimum absolute atomic E-state index is 0.0269. The van der Waals surface area contributed by atoms with Gasteiger partial charge in [-0.3, -0.25) is 9.36 Å². The average Bonchev–Trinajstić information content (AvgIpc) is 3.19. The van der Waals surface area contributed by atoms with Crippen LogP contribution in [-0.4, -0.2) is 38.2 Å². The van der Waals surface area contributed by atoms with E-state index in [-0.39, 0.29) is 17.5 Å². The van der Waals surface area contributed by atoms with Crippen LogP contribution in [0.3, 0.4) is 0 Å². The number of rotatable bonds is 3. The molecule has 1 aliphatic rings. The fourth-order valence-corrected chi connectivity index (χ4v) is 4.03. The van der Waals surface area contributed by atoms with Gasteiger partial charge in [-0.15, -0.1) is 0 Å². The van der Waals surface area contributed by atoms with Gasteiger partial charge in [-0.2, -0.15) is 5.10 Å². The number of carbonyl (C=O) groups is 1. The quantitative estimate of drug-likeness (QED) is 0.712. The highest BCUT2D eigenvalue weighted by Gasteiger charge is 2.30. The molecule has 1 aromatic carbocycles. The normalized spacial score (nSPS) is 17.6. The van der Waals surface area contributed by atoms with Crippen molar-refractivity contribution in [2.45, 2.75) is 39.2 Å². The van der Waals surface area contributed by atoms with Crippen LogP contribution in [0.5, 0.6) is 0 Å². The molecule has 7 nitrogen and oxygen atoms in total. The van der Waals surface area contributed by atoms with E-state index >= 15 is 0 Å². The number of fused-ring (bicyclic) bond motifs is 1. The maximum absolute atomic E-state index is 13.2. The van der Waals surface area contributed by atoms with Crippen LogP contribution in [0.1, 0.15) is 47.6 Å². The molecule has 0 radical (unpaired) electrons. The zero-order chi connectivity index (χ0) is 19.1. The first-order chi connectivity index (χ1) is 13.0. The lowest BCUT2D eigenvalue weighted by Crippen LogP contribution is -2.40. The Bertz CT molecular complexity index is 1060. The summed E-state index contributed by atoms with van der Waals surface area (Å²) in [5, 5.41) is 5.38. The summed E-state index contributed by atoms with van der Waals surface area (Å²) in [6.07, 6.45) is 1.81. The van der Waals surface area contributed by atoms with Gasteiger partial charge >= 0.3 is 5.69 Å². The number of carbonyl (C=O) groups excluding carboxylic acids is 1. The van der Waals surface area contributed by atoms with Gasteiger partial charge in [-0.05, 0) is 38.8 Å². The van der Waals surface area contributed by atoms with Gasteiger partial charge in [0.05, 0.1) is 5.56 Å². The molecule has 1 amide bonds. The second-order valence-corrected chi connectivity index (χ2v) is 7.18. The van der Waals surface area contributed by atoms with E-state index in [0.29, 0.717) is 30.8 Å².